The first-order valence-corrected chi connectivity index (χ1v) is 10.4. The van der Waals surface area contributed by atoms with Gasteiger partial charge in [0, 0.05) is 25.7 Å². The van der Waals surface area contributed by atoms with Gasteiger partial charge < -0.3 is 15.4 Å². The van der Waals surface area contributed by atoms with E-state index in [4.69, 9.17) is 5.41 Å². The zero-order valence-corrected chi connectivity index (χ0v) is 16.7. The Morgan fingerprint density at radius 1 is 1.23 bits per heavy atom. The van der Waals surface area contributed by atoms with E-state index < -0.39 is 0 Å². The molecule has 4 aliphatic carbocycles. The Balaban J connectivity index is 1.69. The molecule has 4 heteroatoms. The first kappa shape index (κ1) is 18.2. The number of aliphatic hydroxyl groups excluding tert-OH is 1. The molecule has 144 valence electrons. The van der Waals surface area contributed by atoms with Crippen LogP contribution >= 0.6 is 0 Å². The second-order valence-corrected chi connectivity index (χ2v) is 10.1. The van der Waals surface area contributed by atoms with Gasteiger partial charge in [-0.3, -0.25) is 4.79 Å². The molecule has 3 fully saturated rings. The van der Waals surface area contributed by atoms with Gasteiger partial charge >= 0.3 is 0 Å². The van der Waals surface area contributed by atoms with E-state index in [1.165, 1.54) is 5.57 Å². The van der Waals surface area contributed by atoms with E-state index in [9.17, 15) is 9.90 Å². The molecule has 3 saturated carbocycles. The topological polar surface area (TPSA) is 64.4 Å². The van der Waals surface area contributed by atoms with Crippen molar-refractivity contribution in [1.29, 1.82) is 5.41 Å². The van der Waals surface area contributed by atoms with Crippen LogP contribution in [0.4, 0.5) is 0 Å². The molecule has 0 aromatic carbocycles. The molecule has 7 unspecified atom stereocenters. The Bertz CT molecular complexity index is 669. The van der Waals surface area contributed by atoms with Gasteiger partial charge in [-0.05, 0) is 79.6 Å². The maximum atomic E-state index is 12.8. The first-order chi connectivity index (χ1) is 12.2. The lowest BCUT2D eigenvalue weighted by Crippen LogP contribution is -2.57. The molecule has 1 amide bonds. The van der Waals surface area contributed by atoms with Crippen LogP contribution in [0, 0.1) is 39.9 Å². The van der Waals surface area contributed by atoms with Gasteiger partial charge in [0.25, 0.3) is 0 Å². The summed E-state index contributed by atoms with van der Waals surface area (Å²) in [6.45, 7) is 4.62. The minimum absolute atomic E-state index is 0.0395. The fraction of sp³-hybridized carbons (Fsp3) is 0.818. The third-order valence-corrected chi connectivity index (χ3v) is 8.67. The highest BCUT2D eigenvalue weighted by Gasteiger charge is 2.63. The molecule has 0 saturated heterocycles. The Hall–Kier alpha value is -1.16. The molecule has 0 aliphatic heterocycles. The van der Waals surface area contributed by atoms with E-state index in [0.29, 0.717) is 17.8 Å². The monoisotopic (exact) mass is 358 g/mol. The van der Waals surface area contributed by atoms with Gasteiger partial charge in [-0.1, -0.05) is 19.4 Å². The summed E-state index contributed by atoms with van der Waals surface area (Å²) in [7, 11) is 3.72. The molecule has 0 spiro atoms. The van der Waals surface area contributed by atoms with Crippen LogP contribution in [-0.4, -0.2) is 41.8 Å². The SMILES string of the molecule is CN(C)C(=O)C1CCC2C3CCC4=CC(=N)CCC4(C)C3C(O)CC12C. The highest BCUT2D eigenvalue weighted by Crippen LogP contribution is 2.66. The van der Waals surface area contributed by atoms with Crippen molar-refractivity contribution in [3.8, 4) is 0 Å². The van der Waals surface area contributed by atoms with Crippen molar-refractivity contribution >= 4 is 11.6 Å². The van der Waals surface area contributed by atoms with Gasteiger partial charge in [0.1, 0.15) is 0 Å². The Kier molecular flexibility index (Phi) is 4.15. The average Bonchev–Trinajstić information content (AvgIpc) is 2.90. The number of hydrogen-bond acceptors (Lipinski definition) is 3. The molecule has 0 aromatic rings. The quantitative estimate of drug-likeness (QED) is 0.751. The molecule has 26 heavy (non-hydrogen) atoms. The summed E-state index contributed by atoms with van der Waals surface area (Å²) < 4.78 is 0. The predicted octanol–water partition coefficient (Wildman–Crippen LogP) is 3.64. The van der Waals surface area contributed by atoms with Crippen molar-refractivity contribution in [3.63, 3.8) is 0 Å². The van der Waals surface area contributed by atoms with Crippen molar-refractivity contribution in [3.05, 3.63) is 11.6 Å². The molecule has 4 nitrogen and oxygen atoms in total. The van der Waals surface area contributed by atoms with Crippen LogP contribution in [0.3, 0.4) is 0 Å². The standard InChI is InChI=1S/C22H34N2O2/c1-21-10-9-14(23)11-13(21)5-6-15-16-7-8-17(20(26)24(3)4)22(16,2)12-18(25)19(15)21/h11,15-19,23,25H,5-10,12H2,1-4H3. The van der Waals surface area contributed by atoms with Crippen LogP contribution in [-0.2, 0) is 4.79 Å². The number of carbonyl (C=O) groups excluding carboxylic acids is 1. The van der Waals surface area contributed by atoms with E-state index in [1.54, 1.807) is 4.90 Å². The lowest BCUT2D eigenvalue weighted by molar-refractivity contribution is -0.150. The number of aliphatic hydroxyl groups is 1. The molecular weight excluding hydrogens is 324 g/mol. The van der Waals surface area contributed by atoms with Crippen molar-refractivity contribution in [2.24, 2.45) is 34.5 Å². The van der Waals surface area contributed by atoms with Gasteiger partial charge in [-0.2, -0.15) is 0 Å². The summed E-state index contributed by atoms with van der Waals surface area (Å²) in [6.07, 6.45) is 8.62. The molecule has 4 aliphatic rings. The third-order valence-electron chi connectivity index (χ3n) is 8.67. The first-order valence-electron chi connectivity index (χ1n) is 10.4. The molecule has 4 rings (SSSR count). The zero-order chi connectivity index (χ0) is 18.9. The van der Waals surface area contributed by atoms with Gasteiger partial charge in [0.05, 0.1) is 6.10 Å². The molecule has 0 aromatic heterocycles. The number of nitrogens with one attached hydrogen (secondary N) is 1. The number of hydrogen-bond donors (Lipinski definition) is 2. The summed E-state index contributed by atoms with van der Waals surface area (Å²) in [5, 5.41) is 19.4. The number of nitrogens with zero attached hydrogens (tertiary/aromatic N) is 1. The summed E-state index contributed by atoms with van der Waals surface area (Å²) in [5.41, 5.74) is 2.12. The van der Waals surface area contributed by atoms with Crippen LogP contribution in [0.1, 0.15) is 58.8 Å². The van der Waals surface area contributed by atoms with Gasteiger partial charge in [-0.25, -0.2) is 0 Å². The van der Waals surface area contributed by atoms with Crippen LogP contribution in [0.15, 0.2) is 11.6 Å². The second kappa shape index (κ2) is 5.92. The fourth-order valence-corrected chi connectivity index (χ4v) is 7.43. The van der Waals surface area contributed by atoms with Gasteiger partial charge in [0.2, 0.25) is 5.91 Å². The lowest BCUT2D eigenvalue weighted by Gasteiger charge is -2.59. The summed E-state index contributed by atoms with van der Waals surface area (Å²) >= 11 is 0. The fourth-order valence-electron chi connectivity index (χ4n) is 7.43. The van der Waals surface area contributed by atoms with Crippen LogP contribution in [0.25, 0.3) is 0 Å². The molecule has 0 radical (unpaired) electrons. The lowest BCUT2D eigenvalue weighted by atomic mass is 9.46. The number of fused-ring (bicyclic) bond motifs is 5. The minimum Gasteiger partial charge on any atom is -0.393 e. The van der Waals surface area contributed by atoms with Gasteiger partial charge in [0.15, 0.2) is 0 Å². The third kappa shape index (κ3) is 2.37. The molecule has 2 N–H and O–H groups in total. The Morgan fingerprint density at radius 2 is 1.96 bits per heavy atom. The smallest absolute Gasteiger partial charge is 0.225 e. The summed E-state index contributed by atoms with van der Waals surface area (Å²) in [4.78, 5) is 14.6. The van der Waals surface area contributed by atoms with E-state index in [0.717, 1.165) is 50.7 Å². The number of amides is 1. The van der Waals surface area contributed by atoms with Crippen LogP contribution in [0.5, 0.6) is 0 Å². The van der Waals surface area contributed by atoms with E-state index in [1.807, 2.05) is 14.1 Å². The minimum atomic E-state index is -0.335. The van der Waals surface area contributed by atoms with Crippen LogP contribution < -0.4 is 0 Å². The van der Waals surface area contributed by atoms with Crippen molar-refractivity contribution in [2.45, 2.75) is 64.9 Å². The number of carbonyl (C=O) groups is 1. The average molecular weight is 359 g/mol. The van der Waals surface area contributed by atoms with E-state index >= 15 is 0 Å². The van der Waals surface area contributed by atoms with Crippen LogP contribution in [0.2, 0.25) is 0 Å². The summed E-state index contributed by atoms with van der Waals surface area (Å²) in [5.74, 6) is 1.65. The molecular formula is C22H34N2O2. The number of allylic oxidation sites excluding steroid dienone is 2. The highest BCUT2D eigenvalue weighted by molar-refractivity contribution is 5.94. The van der Waals surface area contributed by atoms with Gasteiger partial charge in [-0.15, -0.1) is 0 Å². The molecule has 7 atom stereocenters. The highest BCUT2D eigenvalue weighted by atomic mass is 16.3. The Morgan fingerprint density at radius 3 is 2.65 bits per heavy atom. The number of rotatable bonds is 1. The van der Waals surface area contributed by atoms with Crippen molar-refractivity contribution < 1.29 is 9.90 Å². The maximum absolute atomic E-state index is 12.8. The second-order valence-electron chi connectivity index (χ2n) is 10.1. The largest absolute Gasteiger partial charge is 0.393 e. The summed E-state index contributed by atoms with van der Waals surface area (Å²) in [6, 6.07) is 0. The van der Waals surface area contributed by atoms with E-state index in [2.05, 4.69) is 19.9 Å². The zero-order valence-electron chi connectivity index (χ0n) is 16.7. The molecule has 0 bridgehead atoms. The normalized spacial score (nSPS) is 47.5. The maximum Gasteiger partial charge on any atom is 0.225 e. The predicted molar refractivity (Wildman–Crippen MR) is 103 cm³/mol. The van der Waals surface area contributed by atoms with Crippen molar-refractivity contribution in [1.82, 2.24) is 4.90 Å². The van der Waals surface area contributed by atoms with E-state index in [-0.39, 0.29) is 28.8 Å². The Labute approximate surface area is 157 Å². The van der Waals surface area contributed by atoms with Crippen molar-refractivity contribution in [2.75, 3.05) is 14.1 Å². The molecule has 0 heterocycles.